The molecule has 2 heterocycles. The molecule has 1 fully saturated rings. The molecule has 1 amide bonds. The fourth-order valence-electron chi connectivity index (χ4n) is 6.54. The van der Waals surface area contributed by atoms with Crippen molar-refractivity contribution in [3.8, 4) is 11.1 Å². The van der Waals surface area contributed by atoms with E-state index in [0.29, 0.717) is 35.1 Å². The van der Waals surface area contributed by atoms with Gasteiger partial charge in [0.05, 0.1) is 18.2 Å². The molecule has 3 aromatic rings. The van der Waals surface area contributed by atoms with Crippen molar-refractivity contribution in [3.63, 3.8) is 0 Å². The molecule has 1 saturated heterocycles. The summed E-state index contributed by atoms with van der Waals surface area (Å²) in [5.41, 5.74) is 5.24. The molecule has 0 saturated carbocycles. The number of nitrogens with zero attached hydrogens (tertiary/aromatic N) is 3. The van der Waals surface area contributed by atoms with Crippen LogP contribution in [0.15, 0.2) is 41.2 Å². The number of nitrogens with one attached hydrogen (secondary N) is 1. The lowest BCUT2D eigenvalue weighted by Crippen LogP contribution is -2.53. The Hall–Kier alpha value is -3.85. The van der Waals surface area contributed by atoms with E-state index in [0.717, 1.165) is 41.9 Å². The fraction of sp³-hybridized carbons (Fsp3) is 0.500. The van der Waals surface area contributed by atoms with Gasteiger partial charge in [0.2, 0.25) is 5.91 Å². The zero-order valence-electron chi connectivity index (χ0n) is 27.8. The third-order valence-corrected chi connectivity index (χ3v) is 8.57. The maximum absolute atomic E-state index is 15.8. The first-order chi connectivity index (χ1) is 21.1. The topological polar surface area (TPSA) is 105 Å². The largest absolute Gasteiger partial charge is 0.481 e. The summed E-state index contributed by atoms with van der Waals surface area (Å²) in [4.78, 5) is 41.8. The minimum absolute atomic E-state index is 0.0194. The van der Waals surface area contributed by atoms with Crippen LogP contribution >= 0.6 is 0 Å². The average molecular weight is 619 g/mol. The van der Waals surface area contributed by atoms with Gasteiger partial charge in [-0.05, 0) is 91.5 Å². The molecule has 1 aromatic heterocycles. The van der Waals surface area contributed by atoms with Crippen LogP contribution in [0.3, 0.4) is 0 Å². The molecule has 0 aliphatic carbocycles. The Balaban J connectivity index is 1.70. The van der Waals surface area contributed by atoms with Gasteiger partial charge in [0, 0.05) is 37.2 Å². The molecule has 0 radical (unpaired) electrons. The number of hydrogen-bond donors (Lipinski definition) is 2. The Labute approximate surface area is 265 Å². The smallest absolute Gasteiger partial charge is 0.305 e. The lowest BCUT2D eigenvalue weighted by Gasteiger charge is -2.46. The first kappa shape index (κ1) is 34.0. The first-order valence-corrected chi connectivity index (χ1v) is 15.8. The van der Waals surface area contributed by atoms with Gasteiger partial charge in [-0.25, -0.2) is 9.07 Å². The minimum Gasteiger partial charge on any atom is -0.481 e. The van der Waals surface area contributed by atoms with E-state index in [9.17, 15) is 19.5 Å². The van der Waals surface area contributed by atoms with E-state index in [1.807, 2.05) is 45.9 Å². The van der Waals surface area contributed by atoms with E-state index >= 15 is 4.39 Å². The van der Waals surface area contributed by atoms with E-state index in [1.165, 1.54) is 4.68 Å². The van der Waals surface area contributed by atoms with Crippen LogP contribution in [-0.4, -0.2) is 51.3 Å². The zero-order chi connectivity index (χ0) is 33.2. The van der Waals surface area contributed by atoms with Gasteiger partial charge in [0.15, 0.2) is 0 Å². The van der Waals surface area contributed by atoms with Crippen LogP contribution in [0.5, 0.6) is 0 Å². The van der Waals surface area contributed by atoms with Crippen molar-refractivity contribution in [2.45, 2.75) is 86.7 Å². The molecule has 1 aliphatic heterocycles. The second-order valence-corrected chi connectivity index (χ2v) is 14.0. The Morgan fingerprint density at radius 1 is 1.02 bits per heavy atom. The molecule has 0 bridgehead atoms. The number of carboxylic acid groups (broad SMARTS) is 1. The highest BCUT2D eigenvalue weighted by molar-refractivity contribution is 5.82. The van der Waals surface area contributed by atoms with Gasteiger partial charge in [-0.1, -0.05) is 45.9 Å². The van der Waals surface area contributed by atoms with Crippen molar-refractivity contribution < 1.29 is 19.1 Å². The SMILES string of the molecule is Cc1cc(-c2c(C)cccc2C)cc([C@H](CC(=O)O)NC(=O)[C@H](CC(C)C)n2nc(CCN3CC(C)(C)C3)cc(C)c2=O)c1F. The van der Waals surface area contributed by atoms with Crippen LogP contribution in [0.25, 0.3) is 11.1 Å². The second kappa shape index (κ2) is 13.6. The molecular weight excluding hydrogens is 571 g/mol. The molecule has 2 N–H and O–H groups in total. The van der Waals surface area contributed by atoms with Crippen LogP contribution in [0.2, 0.25) is 0 Å². The van der Waals surface area contributed by atoms with E-state index in [4.69, 9.17) is 0 Å². The summed E-state index contributed by atoms with van der Waals surface area (Å²) in [6.07, 6.45) is 0.399. The third kappa shape index (κ3) is 8.06. The number of aromatic nitrogens is 2. The molecular formula is C36H47FN4O4. The summed E-state index contributed by atoms with van der Waals surface area (Å²) >= 11 is 0. The number of carbonyl (C=O) groups is 2. The molecule has 9 heteroatoms. The highest BCUT2D eigenvalue weighted by Crippen LogP contribution is 2.34. The van der Waals surface area contributed by atoms with Crippen molar-refractivity contribution in [2.75, 3.05) is 19.6 Å². The molecule has 2 aromatic carbocycles. The molecule has 2 atom stereocenters. The predicted octanol–water partition coefficient (Wildman–Crippen LogP) is 6.09. The summed E-state index contributed by atoms with van der Waals surface area (Å²) in [6.45, 7) is 18.4. The number of likely N-dealkylation sites (tertiary alicyclic amines) is 1. The highest BCUT2D eigenvalue weighted by Gasteiger charge is 2.34. The van der Waals surface area contributed by atoms with Crippen molar-refractivity contribution in [1.82, 2.24) is 20.0 Å². The van der Waals surface area contributed by atoms with Gasteiger partial charge in [-0.2, -0.15) is 5.10 Å². The molecule has 45 heavy (non-hydrogen) atoms. The third-order valence-electron chi connectivity index (χ3n) is 8.57. The highest BCUT2D eigenvalue weighted by atomic mass is 19.1. The second-order valence-electron chi connectivity index (χ2n) is 14.0. The van der Waals surface area contributed by atoms with Crippen LogP contribution in [0, 0.1) is 44.8 Å². The number of carbonyl (C=O) groups excluding carboxylic acids is 1. The molecule has 4 rings (SSSR count). The Morgan fingerprint density at radius 3 is 2.24 bits per heavy atom. The maximum Gasteiger partial charge on any atom is 0.305 e. The van der Waals surface area contributed by atoms with E-state index < -0.39 is 36.2 Å². The number of carboxylic acids is 1. The minimum atomic E-state index is -1.18. The summed E-state index contributed by atoms with van der Waals surface area (Å²) in [6, 6.07) is 8.88. The van der Waals surface area contributed by atoms with Gasteiger partial charge >= 0.3 is 5.97 Å². The monoisotopic (exact) mass is 618 g/mol. The van der Waals surface area contributed by atoms with Crippen LogP contribution in [0.1, 0.15) is 86.1 Å². The molecule has 242 valence electrons. The molecule has 0 unspecified atom stereocenters. The van der Waals surface area contributed by atoms with Crippen molar-refractivity contribution in [1.29, 1.82) is 0 Å². The first-order valence-electron chi connectivity index (χ1n) is 15.8. The van der Waals surface area contributed by atoms with E-state index in [2.05, 4.69) is 29.2 Å². The number of aliphatic carboxylic acids is 1. The fourth-order valence-corrected chi connectivity index (χ4v) is 6.54. The number of benzene rings is 2. The zero-order valence-corrected chi connectivity index (χ0v) is 27.8. The van der Waals surface area contributed by atoms with E-state index in [-0.39, 0.29) is 17.0 Å². The summed E-state index contributed by atoms with van der Waals surface area (Å²) in [5, 5.41) is 17.3. The Morgan fingerprint density at radius 2 is 1.67 bits per heavy atom. The number of amides is 1. The van der Waals surface area contributed by atoms with Gasteiger partial charge < -0.3 is 15.3 Å². The van der Waals surface area contributed by atoms with Crippen LogP contribution < -0.4 is 10.9 Å². The summed E-state index contributed by atoms with van der Waals surface area (Å²) < 4.78 is 17.0. The molecule has 0 spiro atoms. The van der Waals surface area contributed by atoms with Crippen molar-refractivity contribution >= 4 is 11.9 Å². The van der Waals surface area contributed by atoms with Crippen LogP contribution in [0.4, 0.5) is 4.39 Å². The molecule has 1 aliphatic rings. The normalized spacial score (nSPS) is 15.9. The number of rotatable bonds is 12. The van der Waals surface area contributed by atoms with Crippen molar-refractivity contribution in [3.05, 3.63) is 86.1 Å². The summed E-state index contributed by atoms with van der Waals surface area (Å²) in [5.74, 6) is -2.30. The van der Waals surface area contributed by atoms with Crippen LogP contribution in [-0.2, 0) is 16.0 Å². The number of halogens is 1. The maximum atomic E-state index is 15.8. The molecule has 8 nitrogen and oxygen atoms in total. The number of hydrogen-bond acceptors (Lipinski definition) is 5. The lowest BCUT2D eigenvalue weighted by atomic mass is 9.84. The van der Waals surface area contributed by atoms with Gasteiger partial charge in [0.25, 0.3) is 5.56 Å². The van der Waals surface area contributed by atoms with Gasteiger partial charge in [-0.3, -0.25) is 14.4 Å². The van der Waals surface area contributed by atoms with Gasteiger partial charge in [-0.15, -0.1) is 0 Å². The quantitative estimate of drug-likeness (QED) is 0.255. The van der Waals surface area contributed by atoms with E-state index in [1.54, 1.807) is 32.0 Å². The Bertz CT molecular complexity index is 1620. The lowest BCUT2D eigenvalue weighted by molar-refractivity contribution is -0.138. The average Bonchev–Trinajstić information content (AvgIpc) is 2.92. The number of aryl methyl sites for hydroxylation is 4. The Kier molecular flexibility index (Phi) is 10.3. The van der Waals surface area contributed by atoms with Gasteiger partial charge in [0.1, 0.15) is 11.9 Å². The van der Waals surface area contributed by atoms with Crippen molar-refractivity contribution in [2.24, 2.45) is 11.3 Å². The standard InChI is InChI=1S/C36H47FN4O4/c1-21(2)14-30(41-35(45)25(6)16-27(39-41)12-13-40-19-36(7,8)20-40)34(44)38-29(18-31(42)43)28-17-26(15-24(5)33(28)37)32-22(3)10-9-11-23(32)4/h9-11,15-17,21,29-30H,12-14,18-20H2,1-8H3,(H,38,44)(H,42,43)/t29-,30-/m0/s1. The predicted molar refractivity (Wildman–Crippen MR) is 175 cm³/mol. The summed E-state index contributed by atoms with van der Waals surface area (Å²) in [7, 11) is 0.